The van der Waals surface area contributed by atoms with E-state index in [4.69, 9.17) is 4.74 Å². The first-order valence-electron chi connectivity index (χ1n) is 8.96. The second-order valence-corrected chi connectivity index (χ2v) is 8.54. The van der Waals surface area contributed by atoms with E-state index in [1.807, 2.05) is 30.3 Å². The van der Waals surface area contributed by atoms with Gasteiger partial charge in [0.15, 0.2) is 0 Å². The van der Waals surface area contributed by atoms with Gasteiger partial charge in [-0.05, 0) is 30.5 Å². The second kappa shape index (κ2) is 7.28. The summed E-state index contributed by atoms with van der Waals surface area (Å²) in [5, 5.41) is 0.963. The highest BCUT2D eigenvalue weighted by atomic mass is 32.2. The maximum absolute atomic E-state index is 12.1. The molecule has 0 amide bonds. The molecule has 142 valence electrons. The lowest BCUT2D eigenvalue weighted by Crippen LogP contribution is -2.37. The van der Waals surface area contributed by atoms with Crippen molar-refractivity contribution in [2.24, 2.45) is 0 Å². The molecule has 1 saturated heterocycles. The molecular weight excluding hydrogens is 364 g/mol. The Morgan fingerprint density at radius 3 is 2.67 bits per heavy atom. The third-order valence-corrected chi connectivity index (χ3v) is 5.78. The van der Waals surface area contributed by atoms with Crippen LogP contribution in [0.25, 0.3) is 10.9 Å². The molecule has 1 aliphatic heterocycles. The zero-order valence-corrected chi connectivity index (χ0v) is 16.0. The molecule has 7 nitrogen and oxygen atoms in total. The summed E-state index contributed by atoms with van der Waals surface area (Å²) in [6, 6.07) is 9.50. The zero-order chi connectivity index (χ0) is 18.9. The largest absolute Gasteiger partial charge is 0.378 e. The van der Waals surface area contributed by atoms with Crippen molar-refractivity contribution in [1.29, 1.82) is 0 Å². The topological polar surface area (TPSA) is 77.3 Å². The molecule has 27 heavy (non-hydrogen) atoms. The van der Waals surface area contributed by atoms with E-state index in [-0.39, 0.29) is 0 Å². The first-order valence-corrected chi connectivity index (χ1v) is 10.8. The van der Waals surface area contributed by atoms with Crippen LogP contribution >= 0.6 is 0 Å². The lowest BCUT2D eigenvalue weighted by molar-refractivity contribution is 0.122. The number of anilines is 1. The summed E-state index contributed by atoms with van der Waals surface area (Å²) < 4.78 is 30.9. The van der Waals surface area contributed by atoms with Crippen molar-refractivity contribution in [2.75, 3.05) is 37.5 Å². The molecule has 0 saturated carbocycles. The van der Waals surface area contributed by atoms with Crippen molar-refractivity contribution < 1.29 is 13.2 Å². The number of aryl methyl sites for hydroxylation is 2. The maximum Gasteiger partial charge on any atom is 0.236 e. The highest BCUT2D eigenvalue weighted by Crippen LogP contribution is 2.24. The van der Waals surface area contributed by atoms with Crippen molar-refractivity contribution in [3.05, 3.63) is 54.0 Å². The van der Waals surface area contributed by atoms with Gasteiger partial charge in [0, 0.05) is 36.6 Å². The van der Waals surface area contributed by atoms with E-state index >= 15 is 0 Å². The van der Waals surface area contributed by atoms with E-state index in [1.54, 1.807) is 12.4 Å². The quantitative estimate of drug-likeness (QED) is 0.666. The monoisotopic (exact) mass is 386 g/mol. The molecule has 0 aliphatic carbocycles. The number of para-hydroxylation sites is 1. The van der Waals surface area contributed by atoms with Gasteiger partial charge in [0.05, 0.1) is 25.0 Å². The number of benzene rings is 1. The first kappa shape index (κ1) is 17.9. The normalized spacial score (nSPS) is 15.4. The third kappa shape index (κ3) is 3.81. The van der Waals surface area contributed by atoms with E-state index in [0.29, 0.717) is 25.2 Å². The molecule has 3 heterocycles. The SMILES string of the molecule is CS(=O)(=O)n1cc(CCc2ccnc(N3CCOCC3)n2)c2ccccc21. The summed E-state index contributed by atoms with van der Waals surface area (Å²) in [7, 11) is -3.34. The Kier molecular flexibility index (Phi) is 4.84. The van der Waals surface area contributed by atoms with Crippen molar-refractivity contribution in [1.82, 2.24) is 13.9 Å². The Hall–Kier alpha value is -2.45. The van der Waals surface area contributed by atoms with Gasteiger partial charge >= 0.3 is 0 Å². The molecule has 0 N–H and O–H groups in total. The standard InChI is InChI=1S/C19H22N4O3S/c1-27(24,25)23-14-15(17-4-2-3-5-18(17)23)6-7-16-8-9-20-19(21-16)22-10-12-26-13-11-22/h2-5,8-9,14H,6-7,10-13H2,1H3. The maximum atomic E-state index is 12.1. The Morgan fingerprint density at radius 1 is 1.11 bits per heavy atom. The highest BCUT2D eigenvalue weighted by Gasteiger charge is 2.16. The van der Waals surface area contributed by atoms with Crippen LogP contribution in [0.15, 0.2) is 42.7 Å². The number of hydrogen-bond donors (Lipinski definition) is 0. The van der Waals surface area contributed by atoms with Crippen LogP contribution in [0.1, 0.15) is 11.3 Å². The molecule has 8 heteroatoms. The molecule has 3 aromatic rings. The molecule has 2 aromatic heterocycles. The van der Waals surface area contributed by atoms with Crippen LogP contribution in [0.2, 0.25) is 0 Å². The van der Waals surface area contributed by atoms with E-state index in [0.717, 1.165) is 42.1 Å². The van der Waals surface area contributed by atoms with Gasteiger partial charge in [-0.25, -0.2) is 22.4 Å². The Morgan fingerprint density at radius 2 is 1.89 bits per heavy atom. The summed E-state index contributed by atoms with van der Waals surface area (Å²) in [6.45, 7) is 2.98. The van der Waals surface area contributed by atoms with Crippen LogP contribution in [-0.4, -0.2) is 54.9 Å². The Balaban J connectivity index is 1.57. The van der Waals surface area contributed by atoms with E-state index < -0.39 is 10.0 Å². The van der Waals surface area contributed by atoms with Gasteiger partial charge < -0.3 is 9.64 Å². The summed E-state index contributed by atoms with van der Waals surface area (Å²) in [5.41, 5.74) is 2.66. The van der Waals surface area contributed by atoms with Gasteiger partial charge in [0.2, 0.25) is 16.0 Å². The minimum Gasteiger partial charge on any atom is -0.378 e. The van der Waals surface area contributed by atoms with Crippen LogP contribution in [0.5, 0.6) is 0 Å². The van der Waals surface area contributed by atoms with E-state index in [9.17, 15) is 8.42 Å². The summed E-state index contributed by atoms with van der Waals surface area (Å²) in [5.74, 6) is 0.731. The number of ether oxygens (including phenoxy) is 1. The van der Waals surface area contributed by atoms with Crippen LogP contribution in [0.3, 0.4) is 0 Å². The first-order chi connectivity index (χ1) is 13.0. The van der Waals surface area contributed by atoms with E-state index in [2.05, 4.69) is 14.9 Å². The van der Waals surface area contributed by atoms with Crippen molar-refractivity contribution in [3.63, 3.8) is 0 Å². The summed E-state index contributed by atoms with van der Waals surface area (Å²) in [6.07, 6.45) is 6.17. The molecule has 1 aliphatic rings. The number of nitrogens with zero attached hydrogens (tertiary/aromatic N) is 4. The van der Waals surface area contributed by atoms with Crippen LogP contribution in [-0.2, 0) is 27.6 Å². The number of rotatable bonds is 5. The molecule has 0 radical (unpaired) electrons. The minimum atomic E-state index is -3.34. The van der Waals surface area contributed by atoms with Gasteiger partial charge in [0.25, 0.3) is 0 Å². The van der Waals surface area contributed by atoms with Crippen molar-refractivity contribution >= 4 is 26.9 Å². The van der Waals surface area contributed by atoms with Gasteiger partial charge in [-0.15, -0.1) is 0 Å². The number of morpholine rings is 1. The molecule has 0 atom stereocenters. The lowest BCUT2D eigenvalue weighted by Gasteiger charge is -2.26. The minimum absolute atomic E-state index is 0.693. The van der Waals surface area contributed by atoms with E-state index in [1.165, 1.54) is 10.2 Å². The zero-order valence-electron chi connectivity index (χ0n) is 15.2. The summed E-state index contributed by atoms with van der Waals surface area (Å²) >= 11 is 0. The number of aromatic nitrogens is 3. The smallest absolute Gasteiger partial charge is 0.236 e. The number of hydrogen-bond acceptors (Lipinski definition) is 6. The second-order valence-electron chi connectivity index (χ2n) is 6.68. The molecule has 0 unspecified atom stereocenters. The summed E-state index contributed by atoms with van der Waals surface area (Å²) in [4.78, 5) is 11.2. The average Bonchev–Trinajstić information content (AvgIpc) is 3.07. The molecule has 1 fully saturated rings. The van der Waals surface area contributed by atoms with Crippen LogP contribution in [0.4, 0.5) is 5.95 Å². The molecule has 0 spiro atoms. The van der Waals surface area contributed by atoms with Crippen molar-refractivity contribution in [3.8, 4) is 0 Å². The number of fused-ring (bicyclic) bond motifs is 1. The molecular formula is C19H22N4O3S. The predicted octanol–water partition coefficient (Wildman–Crippen LogP) is 1.86. The Labute approximate surface area is 158 Å². The van der Waals surface area contributed by atoms with Crippen LogP contribution in [0, 0.1) is 0 Å². The molecule has 0 bridgehead atoms. The third-order valence-electron chi connectivity index (χ3n) is 4.76. The van der Waals surface area contributed by atoms with Gasteiger partial charge in [-0.1, -0.05) is 18.2 Å². The molecule has 1 aromatic carbocycles. The Bertz CT molecular complexity index is 1060. The average molecular weight is 386 g/mol. The fourth-order valence-corrected chi connectivity index (χ4v) is 4.23. The van der Waals surface area contributed by atoms with Crippen LogP contribution < -0.4 is 4.90 Å². The fourth-order valence-electron chi connectivity index (χ4n) is 3.39. The predicted molar refractivity (Wildman–Crippen MR) is 105 cm³/mol. The van der Waals surface area contributed by atoms with Gasteiger partial charge in [0.1, 0.15) is 0 Å². The van der Waals surface area contributed by atoms with Gasteiger partial charge in [-0.2, -0.15) is 0 Å². The lowest BCUT2D eigenvalue weighted by atomic mass is 10.1. The fraction of sp³-hybridized carbons (Fsp3) is 0.368. The molecule has 4 rings (SSSR count). The highest BCUT2D eigenvalue weighted by molar-refractivity contribution is 7.89. The van der Waals surface area contributed by atoms with Gasteiger partial charge in [-0.3, -0.25) is 0 Å². The van der Waals surface area contributed by atoms with Crippen molar-refractivity contribution in [2.45, 2.75) is 12.8 Å².